The smallest absolute Gasteiger partial charge is 0.193 e. The minimum Gasteiger partial charge on any atom is -0.379 e. The lowest BCUT2D eigenvalue weighted by Gasteiger charge is -2.32. The third-order valence-electron chi connectivity index (χ3n) is 5.54. The zero-order chi connectivity index (χ0) is 18.4. The van der Waals surface area contributed by atoms with E-state index >= 15 is 0 Å². The van der Waals surface area contributed by atoms with E-state index in [0.29, 0.717) is 6.04 Å². The van der Waals surface area contributed by atoms with Crippen LogP contribution in [0.2, 0.25) is 0 Å². The van der Waals surface area contributed by atoms with E-state index in [2.05, 4.69) is 66.2 Å². The van der Waals surface area contributed by atoms with E-state index in [1.165, 1.54) is 12.0 Å². The molecule has 1 atom stereocenters. The Hall–Kier alpha value is -1.59. The van der Waals surface area contributed by atoms with Gasteiger partial charge in [0, 0.05) is 44.2 Å². The number of nitrogens with zero attached hydrogens (tertiary/aromatic N) is 3. The van der Waals surface area contributed by atoms with Gasteiger partial charge in [0.25, 0.3) is 0 Å². The average Bonchev–Trinajstić information content (AvgIpc) is 3.16. The minimum atomic E-state index is 0.0330. The topological polar surface area (TPSA) is 40.1 Å². The molecule has 1 aromatic carbocycles. The van der Waals surface area contributed by atoms with Crippen LogP contribution in [-0.2, 0) is 10.2 Å². The molecular formula is C21H34N4O. The molecule has 0 aliphatic carbocycles. The predicted octanol–water partition coefficient (Wildman–Crippen LogP) is 2.34. The molecule has 3 rings (SSSR count). The Balaban J connectivity index is 1.64. The second-order valence-electron chi connectivity index (χ2n) is 7.96. The zero-order valence-corrected chi connectivity index (χ0v) is 16.6. The molecule has 0 amide bonds. The third kappa shape index (κ3) is 4.77. The summed E-state index contributed by atoms with van der Waals surface area (Å²) in [5.41, 5.74) is 1.37. The van der Waals surface area contributed by atoms with Gasteiger partial charge in [0.1, 0.15) is 0 Å². The normalized spacial score (nSPS) is 22.7. The molecule has 0 bridgehead atoms. The molecule has 0 saturated carbocycles. The van der Waals surface area contributed by atoms with Crippen molar-refractivity contribution in [2.75, 3.05) is 52.5 Å². The Kier molecular flexibility index (Phi) is 6.54. The SMILES string of the molecule is CCNC(=NCC(C)(C)c1ccccc1)N1CCC(N2CCOCC2)C1. The van der Waals surface area contributed by atoms with Gasteiger partial charge in [-0.15, -0.1) is 0 Å². The molecule has 144 valence electrons. The van der Waals surface area contributed by atoms with Gasteiger partial charge in [-0.1, -0.05) is 44.2 Å². The van der Waals surface area contributed by atoms with E-state index in [1.807, 2.05) is 0 Å². The Morgan fingerprint density at radius 3 is 2.62 bits per heavy atom. The van der Waals surface area contributed by atoms with Crippen LogP contribution in [-0.4, -0.2) is 74.3 Å². The van der Waals surface area contributed by atoms with Crippen molar-refractivity contribution in [2.45, 2.75) is 38.6 Å². The van der Waals surface area contributed by atoms with E-state index in [4.69, 9.17) is 9.73 Å². The molecule has 1 unspecified atom stereocenters. The van der Waals surface area contributed by atoms with Crippen molar-refractivity contribution in [2.24, 2.45) is 4.99 Å². The molecule has 1 aromatic rings. The van der Waals surface area contributed by atoms with Crippen LogP contribution in [0.25, 0.3) is 0 Å². The monoisotopic (exact) mass is 358 g/mol. The summed E-state index contributed by atoms with van der Waals surface area (Å²) in [6, 6.07) is 11.3. The Morgan fingerprint density at radius 1 is 1.19 bits per heavy atom. The number of benzene rings is 1. The first-order valence-corrected chi connectivity index (χ1v) is 10.0. The number of ether oxygens (including phenoxy) is 1. The summed E-state index contributed by atoms with van der Waals surface area (Å²) in [6.07, 6.45) is 1.21. The highest BCUT2D eigenvalue weighted by molar-refractivity contribution is 5.80. The molecule has 2 aliphatic heterocycles. The Bertz CT molecular complexity index is 581. The van der Waals surface area contributed by atoms with Crippen LogP contribution in [0.4, 0.5) is 0 Å². The zero-order valence-electron chi connectivity index (χ0n) is 16.6. The van der Waals surface area contributed by atoms with Crippen LogP contribution in [0.15, 0.2) is 35.3 Å². The fourth-order valence-corrected chi connectivity index (χ4v) is 3.85. The van der Waals surface area contributed by atoms with Crippen molar-refractivity contribution in [3.63, 3.8) is 0 Å². The van der Waals surface area contributed by atoms with Crippen LogP contribution in [0, 0.1) is 0 Å². The lowest BCUT2D eigenvalue weighted by molar-refractivity contribution is 0.0195. The van der Waals surface area contributed by atoms with Crippen molar-refractivity contribution in [1.82, 2.24) is 15.1 Å². The molecule has 0 aromatic heterocycles. The molecule has 2 aliphatic rings. The fraction of sp³-hybridized carbons (Fsp3) is 0.667. The number of hydrogen-bond donors (Lipinski definition) is 1. The summed E-state index contributed by atoms with van der Waals surface area (Å²) in [4.78, 5) is 10.0. The predicted molar refractivity (Wildman–Crippen MR) is 108 cm³/mol. The summed E-state index contributed by atoms with van der Waals surface area (Å²) in [7, 11) is 0. The first kappa shape index (κ1) is 19.2. The van der Waals surface area contributed by atoms with Crippen LogP contribution < -0.4 is 5.32 Å². The number of hydrogen-bond acceptors (Lipinski definition) is 3. The number of morpholine rings is 1. The maximum absolute atomic E-state index is 5.50. The summed E-state index contributed by atoms with van der Waals surface area (Å²) in [5, 5.41) is 3.50. The second kappa shape index (κ2) is 8.87. The first-order chi connectivity index (χ1) is 12.6. The molecule has 5 heteroatoms. The van der Waals surface area contributed by atoms with Crippen molar-refractivity contribution in [1.29, 1.82) is 0 Å². The maximum Gasteiger partial charge on any atom is 0.193 e. The Labute approximate surface area is 158 Å². The van der Waals surface area contributed by atoms with E-state index in [-0.39, 0.29) is 5.41 Å². The summed E-state index contributed by atoms with van der Waals surface area (Å²) in [6.45, 7) is 14.4. The molecule has 0 radical (unpaired) electrons. The molecule has 2 saturated heterocycles. The van der Waals surface area contributed by atoms with Crippen LogP contribution in [0.5, 0.6) is 0 Å². The molecular weight excluding hydrogens is 324 g/mol. The quantitative estimate of drug-likeness (QED) is 0.648. The van der Waals surface area contributed by atoms with Crippen molar-refractivity contribution in [3.8, 4) is 0 Å². The van der Waals surface area contributed by atoms with Gasteiger partial charge in [-0.3, -0.25) is 9.89 Å². The molecule has 5 nitrogen and oxygen atoms in total. The number of guanidine groups is 1. The molecule has 26 heavy (non-hydrogen) atoms. The van der Waals surface area contributed by atoms with E-state index < -0.39 is 0 Å². The molecule has 1 N–H and O–H groups in total. The maximum atomic E-state index is 5.50. The number of rotatable bonds is 5. The third-order valence-corrected chi connectivity index (χ3v) is 5.54. The number of likely N-dealkylation sites (tertiary alicyclic amines) is 1. The molecule has 2 heterocycles. The van der Waals surface area contributed by atoms with Gasteiger partial charge in [-0.25, -0.2) is 0 Å². The highest BCUT2D eigenvalue weighted by Crippen LogP contribution is 2.24. The highest BCUT2D eigenvalue weighted by atomic mass is 16.5. The lowest BCUT2D eigenvalue weighted by Crippen LogP contribution is -2.47. The van der Waals surface area contributed by atoms with Gasteiger partial charge in [0.15, 0.2) is 5.96 Å². The number of nitrogens with one attached hydrogen (secondary N) is 1. The van der Waals surface area contributed by atoms with E-state index in [9.17, 15) is 0 Å². The van der Waals surface area contributed by atoms with Crippen molar-refractivity contribution < 1.29 is 4.74 Å². The van der Waals surface area contributed by atoms with Crippen LogP contribution >= 0.6 is 0 Å². The lowest BCUT2D eigenvalue weighted by atomic mass is 9.85. The van der Waals surface area contributed by atoms with E-state index in [1.54, 1.807) is 0 Å². The first-order valence-electron chi connectivity index (χ1n) is 10.0. The second-order valence-corrected chi connectivity index (χ2v) is 7.96. The molecule has 2 fully saturated rings. The van der Waals surface area contributed by atoms with Crippen molar-refractivity contribution in [3.05, 3.63) is 35.9 Å². The Morgan fingerprint density at radius 2 is 1.92 bits per heavy atom. The highest BCUT2D eigenvalue weighted by Gasteiger charge is 2.30. The van der Waals surface area contributed by atoms with Crippen LogP contribution in [0.3, 0.4) is 0 Å². The van der Waals surface area contributed by atoms with Gasteiger partial charge < -0.3 is 15.0 Å². The summed E-state index contributed by atoms with van der Waals surface area (Å²) in [5.74, 6) is 1.06. The van der Waals surface area contributed by atoms with E-state index in [0.717, 1.165) is 58.4 Å². The van der Waals surface area contributed by atoms with Gasteiger partial charge >= 0.3 is 0 Å². The van der Waals surface area contributed by atoms with Gasteiger partial charge in [-0.2, -0.15) is 0 Å². The largest absolute Gasteiger partial charge is 0.379 e. The van der Waals surface area contributed by atoms with Crippen LogP contribution in [0.1, 0.15) is 32.8 Å². The average molecular weight is 359 g/mol. The summed E-state index contributed by atoms with van der Waals surface area (Å²) < 4.78 is 5.50. The molecule has 0 spiro atoms. The van der Waals surface area contributed by atoms with Gasteiger partial charge in [-0.05, 0) is 18.9 Å². The minimum absolute atomic E-state index is 0.0330. The summed E-state index contributed by atoms with van der Waals surface area (Å²) >= 11 is 0. The van der Waals surface area contributed by atoms with Crippen molar-refractivity contribution >= 4 is 5.96 Å². The standard InChI is InChI=1S/C21H34N4O/c1-4-22-20(23-17-21(2,3)18-8-6-5-7-9-18)25-11-10-19(16-25)24-12-14-26-15-13-24/h5-9,19H,4,10-17H2,1-3H3,(H,22,23). The van der Waals surface area contributed by atoms with Gasteiger partial charge in [0.05, 0.1) is 19.8 Å². The van der Waals surface area contributed by atoms with Gasteiger partial charge in [0.2, 0.25) is 0 Å². The fourth-order valence-electron chi connectivity index (χ4n) is 3.85. The number of aliphatic imine (C=N–C) groups is 1.